The van der Waals surface area contributed by atoms with Crippen molar-refractivity contribution in [2.45, 2.75) is 38.8 Å². The van der Waals surface area contributed by atoms with Crippen LogP contribution in [0.4, 0.5) is 19.0 Å². The molecule has 3 nitrogen and oxygen atoms in total. The average Bonchev–Trinajstić information content (AvgIpc) is 2.37. The first kappa shape index (κ1) is 15.6. The van der Waals surface area contributed by atoms with Crippen LogP contribution in [-0.4, -0.2) is 18.6 Å². The molecular weight excluding hydrogens is 257 g/mol. The highest BCUT2D eigenvalue weighted by molar-refractivity contribution is 5.42. The van der Waals surface area contributed by atoms with Crippen LogP contribution in [0.5, 0.6) is 5.88 Å². The van der Waals surface area contributed by atoms with Gasteiger partial charge in [0.25, 0.3) is 0 Å². The second-order valence-electron chi connectivity index (χ2n) is 4.24. The van der Waals surface area contributed by atoms with E-state index in [1.165, 1.54) is 7.05 Å². The summed E-state index contributed by atoms with van der Waals surface area (Å²) in [7, 11) is 1.52. The summed E-state index contributed by atoms with van der Waals surface area (Å²) in [5.41, 5.74) is -0.754. The minimum atomic E-state index is -4.39. The maximum Gasteiger partial charge on any atom is 0.416 e. The number of halogens is 3. The summed E-state index contributed by atoms with van der Waals surface area (Å²) in [6.07, 6.45) is -0.364. The van der Waals surface area contributed by atoms with Gasteiger partial charge < -0.3 is 10.1 Å². The summed E-state index contributed by atoms with van der Waals surface area (Å²) in [5, 5.41) is 2.60. The SMILES string of the molecule is CCCCCCOc1cc(C(F)(F)F)cc(NC)n1. The van der Waals surface area contributed by atoms with Gasteiger partial charge in [-0.2, -0.15) is 18.2 Å². The molecule has 0 saturated carbocycles. The quantitative estimate of drug-likeness (QED) is 0.761. The van der Waals surface area contributed by atoms with Crippen LogP contribution in [0, 0.1) is 0 Å². The number of ether oxygens (including phenoxy) is 1. The van der Waals surface area contributed by atoms with E-state index in [9.17, 15) is 13.2 Å². The number of nitrogens with one attached hydrogen (secondary N) is 1. The van der Waals surface area contributed by atoms with Crippen molar-refractivity contribution in [1.29, 1.82) is 0 Å². The normalized spacial score (nSPS) is 11.4. The van der Waals surface area contributed by atoms with Crippen molar-refractivity contribution in [1.82, 2.24) is 4.98 Å². The molecule has 0 fully saturated rings. The van der Waals surface area contributed by atoms with Gasteiger partial charge >= 0.3 is 6.18 Å². The Hall–Kier alpha value is -1.46. The fourth-order valence-corrected chi connectivity index (χ4v) is 1.58. The zero-order valence-electron chi connectivity index (χ0n) is 11.2. The van der Waals surface area contributed by atoms with Gasteiger partial charge in [-0.25, -0.2) is 0 Å². The Balaban J connectivity index is 2.67. The second kappa shape index (κ2) is 7.21. The molecule has 6 heteroatoms. The largest absolute Gasteiger partial charge is 0.478 e. The average molecular weight is 276 g/mol. The molecule has 0 aromatic carbocycles. The van der Waals surface area contributed by atoms with Crippen molar-refractivity contribution in [2.75, 3.05) is 19.0 Å². The zero-order chi connectivity index (χ0) is 14.3. The number of hydrogen-bond acceptors (Lipinski definition) is 3. The van der Waals surface area contributed by atoms with Crippen LogP contribution in [0.3, 0.4) is 0 Å². The fourth-order valence-electron chi connectivity index (χ4n) is 1.58. The number of alkyl halides is 3. The number of hydrogen-bond donors (Lipinski definition) is 1. The van der Waals surface area contributed by atoms with E-state index in [1.807, 2.05) is 0 Å². The van der Waals surface area contributed by atoms with Crippen LogP contribution in [0.25, 0.3) is 0 Å². The first-order valence-electron chi connectivity index (χ1n) is 6.37. The van der Waals surface area contributed by atoms with Gasteiger partial charge in [-0.05, 0) is 12.5 Å². The third-order valence-corrected chi connectivity index (χ3v) is 2.63. The summed E-state index contributed by atoms with van der Waals surface area (Å²) >= 11 is 0. The minimum Gasteiger partial charge on any atom is -0.478 e. The van der Waals surface area contributed by atoms with E-state index in [-0.39, 0.29) is 11.7 Å². The predicted molar refractivity (Wildman–Crippen MR) is 68.4 cm³/mol. The van der Waals surface area contributed by atoms with Crippen LogP contribution >= 0.6 is 0 Å². The topological polar surface area (TPSA) is 34.1 Å². The Kier molecular flexibility index (Phi) is 5.92. The lowest BCUT2D eigenvalue weighted by Gasteiger charge is -2.12. The highest BCUT2D eigenvalue weighted by Gasteiger charge is 2.31. The highest BCUT2D eigenvalue weighted by atomic mass is 19.4. The zero-order valence-corrected chi connectivity index (χ0v) is 11.2. The summed E-state index contributed by atoms with van der Waals surface area (Å²) in [6, 6.07) is 1.89. The van der Waals surface area contributed by atoms with Crippen LogP contribution in [0.1, 0.15) is 38.2 Å². The Labute approximate surface area is 111 Å². The Bertz CT molecular complexity index is 394. The van der Waals surface area contributed by atoms with E-state index in [0.29, 0.717) is 6.61 Å². The molecule has 0 aliphatic carbocycles. The molecule has 1 N–H and O–H groups in total. The molecule has 0 bridgehead atoms. The molecule has 0 radical (unpaired) electrons. The number of nitrogens with zero attached hydrogens (tertiary/aromatic N) is 1. The van der Waals surface area contributed by atoms with E-state index in [4.69, 9.17) is 4.74 Å². The molecule has 0 aliphatic heterocycles. The summed E-state index contributed by atoms with van der Waals surface area (Å²) in [5.74, 6) is 0.161. The molecule has 1 heterocycles. The van der Waals surface area contributed by atoms with Crippen molar-refractivity contribution in [2.24, 2.45) is 0 Å². The van der Waals surface area contributed by atoms with E-state index in [2.05, 4.69) is 17.2 Å². The van der Waals surface area contributed by atoms with Crippen LogP contribution < -0.4 is 10.1 Å². The Morgan fingerprint density at radius 3 is 2.53 bits per heavy atom. The first-order chi connectivity index (χ1) is 8.97. The molecule has 0 saturated heterocycles. The minimum absolute atomic E-state index is 0.00988. The van der Waals surface area contributed by atoms with Crippen LogP contribution in [0.15, 0.2) is 12.1 Å². The molecule has 0 spiro atoms. The third kappa shape index (κ3) is 5.36. The molecule has 0 unspecified atom stereocenters. The fraction of sp³-hybridized carbons (Fsp3) is 0.615. The van der Waals surface area contributed by atoms with Gasteiger partial charge in [0.15, 0.2) is 0 Å². The lowest BCUT2D eigenvalue weighted by molar-refractivity contribution is -0.137. The predicted octanol–water partition coefficient (Wildman–Crippen LogP) is 4.10. The van der Waals surface area contributed by atoms with Crippen molar-refractivity contribution in [3.05, 3.63) is 17.7 Å². The Morgan fingerprint density at radius 1 is 1.21 bits per heavy atom. The molecule has 1 aromatic heterocycles. The van der Waals surface area contributed by atoms with Gasteiger partial charge in [0.2, 0.25) is 5.88 Å². The molecule has 1 rings (SSSR count). The van der Waals surface area contributed by atoms with E-state index < -0.39 is 11.7 Å². The molecule has 0 amide bonds. The van der Waals surface area contributed by atoms with E-state index in [0.717, 1.165) is 37.8 Å². The van der Waals surface area contributed by atoms with Crippen molar-refractivity contribution >= 4 is 5.82 Å². The number of rotatable bonds is 7. The lowest BCUT2D eigenvalue weighted by atomic mass is 10.2. The van der Waals surface area contributed by atoms with Gasteiger partial charge in [0.1, 0.15) is 5.82 Å². The number of anilines is 1. The van der Waals surface area contributed by atoms with Crippen LogP contribution in [-0.2, 0) is 6.18 Å². The van der Waals surface area contributed by atoms with E-state index >= 15 is 0 Å². The monoisotopic (exact) mass is 276 g/mol. The number of aromatic nitrogens is 1. The van der Waals surface area contributed by atoms with Crippen molar-refractivity contribution in [3.63, 3.8) is 0 Å². The molecule has 19 heavy (non-hydrogen) atoms. The van der Waals surface area contributed by atoms with Gasteiger partial charge in [0.05, 0.1) is 12.2 Å². The lowest BCUT2D eigenvalue weighted by Crippen LogP contribution is -2.09. The smallest absolute Gasteiger partial charge is 0.416 e. The third-order valence-electron chi connectivity index (χ3n) is 2.63. The van der Waals surface area contributed by atoms with Gasteiger partial charge in [0, 0.05) is 13.1 Å². The van der Waals surface area contributed by atoms with Crippen molar-refractivity contribution < 1.29 is 17.9 Å². The summed E-state index contributed by atoms with van der Waals surface area (Å²) in [6.45, 7) is 2.48. The molecule has 0 atom stereocenters. The van der Waals surface area contributed by atoms with Crippen LogP contribution in [0.2, 0.25) is 0 Å². The number of unbranched alkanes of at least 4 members (excludes halogenated alkanes) is 3. The van der Waals surface area contributed by atoms with Gasteiger partial charge in [-0.3, -0.25) is 0 Å². The Morgan fingerprint density at radius 2 is 1.95 bits per heavy atom. The summed E-state index contributed by atoms with van der Waals surface area (Å²) in [4.78, 5) is 3.95. The molecule has 108 valence electrons. The maximum absolute atomic E-state index is 12.7. The molecule has 0 aliphatic rings. The highest BCUT2D eigenvalue weighted by Crippen LogP contribution is 2.32. The van der Waals surface area contributed by atoms with Crippen molar-refractivity contribution in [3.8, 4) is 5.88 Å². The first-order valence-corrected chi connectivity index (χ1v) is 6.37. The molecule has 1 aromatic rings. The van der Waals surface area contributed by atoms with E-state index in [1.54, 1.807) is 0 Å². The van der Waals surface area contributed by atoms with Gasteiger partial charge in [-0.1, -0.05) is 26.2 Å². The second-order valence-corrected chi connectivity index (χ2v) is 4.24. The standard InChI is InChI=1S/C13H19F3N2O/c1-3-4-5-6-7-19-12-9-10(13(14,15)16)8-11(17-2)18-12/h8-9H,3-7H2,1-2H3,(H,17,18). The van der Waals surface area contributed by atoms with Gasteiger partial charge in [-0.15, -0.1) is 0 Å². The maximum atomic E-state index is 12.7. The molecular formula is C13H19F3N2O. The number of pyridine rings is 1. The summed E-state index contributed by atoms with van der Waals surface area (Å²) < 4.78 is 43.3.